The number of hydrogen-bond acceptors (Lipinski definition) is 8. The molecule has 3 aromatic rings. The zero-order valence-corrected chi connectivity index (χ0v) is 21.1. The van der Waals surface area contributed by atoms with Gasteiger partial charge in [0.1, 0.15) is 0 Å². The molecule has 5 rings (SSSR count). The minimum Gasteiger partial charge on any atom is -0.379 e. The number of nitrogens with zero attached hydrogens (tertiary/aromatic N) is 5. The van der Waals surface area contributed by atoms with Gasteiger partial charge < -0.3 is 16.4 Å². The molecule has 0 saturated heterocycles. The van der Waals surface area contributed by atoms with Gasteiger partial charge in [-0.2, -0.15) is 18.3 Å². The van der Waals surface area contributed by atoms with Crippen molar-refractivity contribution >= 4 is 23.3 Å². The Hall–Kier alpha value is -3.85. The first-order valence-corrected chi connectivity index (χ1v) is 12.9. The number of halogens is 5. The Morgan fingerprint density at radius 1 is 1.10 bits per heavy atom. The number of anilines is 1. The van der Waals surface area contributed by atoms with E-state index in [4.69, 9.17) is 5.73 Å². The van der Waals surface area contributed by atoms with E-state index in [2.05, 4.69) is 35.7 Å². The number of fused-ring (bicyclic) bond motifs is 1. The van der Waals surface area contributed by atoms with E-state index in [9.17, 15) is 31.5 Å². The number of carbonyl (C=O) groups excluding carboxylic acids is 2. The zero-order chi connectivity index (χ0) is 28.7. The van der Waals surface area contributed by atoms with Crippen molar-refractivity contribution in [2.45, 2.75) is 75.5 Å². The molecule has 0 spiro atoms. The van der Waals surface area contributed by atoms with Gasteiger partial charge in [0.25, 0.3) is 5.91 Å². The van der Waals surface area contributed by atoms with Gasteiger partial charge in [0.05, 0.1) is 36.6 Å². The van der Waals surface area contributed by atoms with Gasteiger partial charge in [0, 0.05) is 19.3 Å². The Kier molecular flexibility index (Phi) is 7.35. The van der Waals surface area contributed by atoms with E-state index < -0.39 is 48.8 Å². The molecule has 2 aliphatic rings. The summed E-state index contributed by atoms with van der Waals surface area (Å²) >= 11 is 0. The van der Waals surface area contributed by atoms with Crippen molar-refractivity contribution in [3.05, 3.63) is 35.4 Å². The number of carbonyl (C=O) groups is 2. The molecular formula is C24H27F5N8O3. The van der Waals surface area contributed by atoms with Crippen LogP contribution in [-0.2, 0) is 4.79 Å². The third-order valence-electron chi connectivity index (χ3n) is 7.33. The third kappa shape index (κ3) is 6.47. The predicted octanol–water partition coefficient (Wildman–Crippen LogP) is 3.90. The molecule has 0 unspecified atom stereocenters. The molecule has 4 N–H and O–H groups in total. The van der Waals surface area contributed by atoms with E-state index in [0.29, 0.717) is 16.9 Å². The summed E-state index contributed by atoms with van der Waals surface area (Å²) in [6.07, 6.45) is -2.08. The van der Waals surface area contributed by atoms with E-state index in [1.165, 1.54) is 10.7 Å². The fourth-order valence-corrected chi connectivity index (χ4v) is 5.03. The van der Waals surface area contributed by atoms with Gasteiger partial charge >= 0.3 is 6.18 Å². The van der Waals surface area contributed by atoms with Crippen molar-refractivity contribution in [2.75, 3.05) is 5.73 Å². The van der Waals surface area contributed by atoms with Crippen LogP contribution in [0.25, 0.3) is 5.65 Å². The van der Waals surface area contributed by atoms with Crippen LogP contribution in [-0.4, -0.2) is 48.8 Å². The van der Waals surface area contributed by atoms with Crippen molar-refractivity contribution < 1.29 is 36.2 Å². The number of hydrogen-bond donors (Lipinski definition) is 3. The molecular weight excluding hydrogens is 543 g/mol. The summed E-state index contributed by atoms with van der Waals surface area (Å²) in [4.78, 5) is 29.7. The van der Waals surface area contributed by atoms with Crippen LogP contribution in [0.4, 0.5) is 27.8 Å². The molecule has 0 aliphatic heterocycles. The van der Waals surface area contributed by atoms with Crippen LogP contribution < -0.4 is 16.4 Å². The van der Waals surface area contributed by atoms with E-state index in [1.54, 1.807) is 12.3 Å². The lowest BCUT2D eigenvalue weighted by atomic mass is 9.81. The van der Waals surface area contributed by atoms with E-state index in [-0.39, 0.29) is 49.0 Å². The quantitative estimate of drug-likeness (QED) is 0.328. The average molecular weight is 571 g/mol. The molecule has 0 bridgehead atoms. The van der Waals surface area contributed by atoms with Gasteiger partial charge in [0.15, 0.2) is 5.65 Å². The zero-order valence-electron chi connectivity index (χ0n) is 21.1. The van der Waals surface area contributed by atoms with Crippen LogP contribution in [0.3, 0.4) is 0 Å². The Bertz CT molecular complexity index is 1380. The molecule has 2 fully saturated rings. The number of rotatable bonds is 9. The average Bonchev–Trinajstić information content (AvgIpc) is 3.49. The first-order chi connectivity index (χ1) is 18.9. The second kappa shape index (κ2) is 10.6. The molecule has 216 valence electrons. The topological polar surface area (TPSA) is 153 Å². The number of aromatic nitrogens is 5. The van der Waals surface area contributed by atoms with Crippen molar-refractivity contribution in [1.82, 2.24) is 35.5 Å². The van der Waals surface area contributed by atoms with Crippen LogP contribution in [0, 0.1) is 11.8 Å². The van der Waals surface area contributed by atoms with Gasteiger partial charge in [0.2, 0.25) is 23.3 Å². The van der Waals surface area contributed by atoms with Crippen LogP contribution in [0.2, 0.25) is 0 Å². The van der Waals surface area contributed by atoms with E-state index in [1.807, 2.05) is 0 Å². The Morgan fingerprint density at radius 2 is 1.80 bits per heavy atom. The second-order valence-corrected chi connectivity index (χ2v) is 10.4. The number of alkyl halides is 5. The molecule has 2 amide bonds. The summed E-state index contributed by atoms with van der Waals surface area (Å²) in [5.74, 6) is -4.74. The Labute approximate surface area is 224 Å². The van der Waals surface area contributed by atoms with Gasteiger partial charge in [-0.15, -0.1) is 0 Å². The predicted molar refractivity (Wildman–Crippen MR) is 128 cm³/mol. The van der Waals surface area contributed by atoms with Gasteiger partial charge in [-0.3, -0.25) is 9.59 Å². The highest BCUT2D eigenvalue weighted by atomic mass is 19.4. The fourth-order valence-electron chi connectivity index (χ4n) is 5.03. The lowest BCUT2D eigenvalue weighted by Crippen LogP contribution is -2.37. The summed E-state index contributed by atoms with van der Waals surface area (Å²) < 4.78 is 71.4. The number of nitrogens with one attached hydrogen (secondary N) is 2. The minimum atomic E-state index is -4.44. The standard InChI is InChI=1S/C24H27F5N8O3/c25-23(26)6-3-13(4-7-23)19(34-22(39)20-21(30)36-40-35-20)15-11-37-16(32-15)9-14(10-31-37)18(12-1-2-12)33-17(38)5-8-24(27,28)29/h9-13,18-19H,1-8H2,(H2,30,36)(H,33,38)(H,34,39)/t18-,19+/m1/s1. The van der Waals surface area contributed by atoms with Crippen molar-refractivity contribution in [2.24, 2.45) is 11.8 Å². The van der Waals surface area contributed by atoms with Crippen LogP contribution in [0.5, 0.6) is 0 Å². The molecule has 0 radical (unpaired) electrons. The second-order valence-electron chi connectivity index (χ2n) is 10.4. The maximum Gasteiger partial charge on any atom is 0.389 e. The molecule has 3 aromatic heterocycles. The van der Waals surface area contributed by atoms with Crippen LogP contribution >= 0.6 is 0 Å². The summed E-state index contributed by atoms with van der Waals surface area (Å²) in [6, 6.07) is 0.347. The van der Waals surface area contributed by atoms with Gasteiger partial charge in [-0.05, 0) is 59.5 Å². The minimum absolute atomic E-state index is 0.0611. The third-order valence-corrected chi connectivity index (χ3v) is 7.33. The lowest BCUT2D eigenvalue weighted by Gasteiger charge is -2.33. The normalized spacial score (nSPS) is 19.3. The summed E-state index contributed by atoms with van der Waals surface area (Å²) in [6.45, 7) is 0. The van der Waals surface area contributed by atoms with Crippen molar-refractivity contribution in [1.29, 1.82) is 0 Å². The number of nitrogens with two attached hydrogens (primary N) is 1. The SMILES string of the molecule is Nc1nonc1C(=O)N[C@H](c1cn2ncc([C@H](NC(=O)CCC(F)(F)F)C3CC3)cc2n1)C1CCC(F)(F)CC1. The van der Waals surface area contributed by atoms with Gasteiger partial charge in [-0.1, -0.05) is 0 Å². The summed E-state index contributed by atoms with van der Waals surface area (Å²) in [5, 5.41) is 16.7. The van der Waals surface area contributed by atoms with E-state index >= 15 is 0 Å². The van der Waals surface area contributed by atoms with Crippen molar-refractivity contribution in [3.8, 4) is 0 Å². The first-order valence-electron chi connectivity index (χ1n) is 12.9. The highest BCUT2D eigenvalue weighted by Gasteiger charge is 2.40. The summed E-state index contributed by atoms with van der Waals surface area (Å²) in [5.41, 5.74) is 6.68. The molecule has 2 aliphatic carbocycles. The molecule has 0 aromatic carbocycles. The van der Waals surface area contributed by atoms with E-state index in [0.717, 1.165) is 12.8 Å². The Morgan fingerprint density at radius 3 is 2.42 bits per heavy atom. The molecule has 11 nitrogen and oxygen atoms in total. The number of imidazole rings is 1. The maximum atomic E-state index is 13.9. The molecule has 40 heavy (non-hydrogen) atoms. The summed E-state index contributed by atoms with van der Waals surface area (Å²) in [7, 11) is 0. The number of amides is 2. The maximum absolute atomic E-state index is 13.9. The smallest absolute Gasteiger partial charge is 0.379 e. The molecule has 3 heterocycles. The van der Waals surface area contributed by atoms with Crippen molar-refractivity contribution in [3.63, 3.8) is 0 Å². The monoisotopic (exact) mass is 570 g/mol. The highest BCUT2D eigenvalue weighted by molar-refractivity contribution is 5.96. The largest absolute Gasteiger partial charge is 0.389 e. The number of nitrogen functional groups attached to an aromatic ring is 1. The lowest BCUT2D eigenvalue weighted by molar-refractivity contribution is -0.144. The fraction of sp³-hybridized carbons (Fsp3) is 0.583. The molecule has 16 heteroatoms. The first kappa shape index (κ1) is 27.7. The van der Waals surface area contributed by atoms with Crippen LogP contribution in [0.15, 0.2) is 23.1 Å². The van der Waals surface area contributed by atoms with Crippen LogP contribution in [0.1, 0.15) is 85.2 Å². The highest BCUT2D eigenvalue weighted by Crippen LogP contribution is 2.43. The molecule has 2 atom stereocenters. The van der Waals surface area contributed by atoms with Gasteiger partial charge in [-0.25, -0.2) is 22.9 Å². The molecule has 2 saturated carbocycles. The Balaban J connectivity index is 1.39.